The van der Waals surface area contributed by atoms with E-state index < -0.39 is 0 Å². The zero-order valence-electron chi connectivity index (χ0n) is 24.7. The molecule has 2 N–H and O–H groups in total. The molecule has 3 aromatic rings. The van der Waals surface area contributed by atoms with Crippen molar-refractivity contribution in [1.82, 2.24) is 24.8 Å². The summed E-state index contributed by atoms with van der Waals surface area (Å²) in [5, 5.41) is 6.29. The smallest absolute Gasteiger partial charge is 0.247 e. The number of nitrogens with zero attached hydrogens (tertiary/aromatic N) is 7. The Labute approximate surface area is 241 Å². The van der Waals surface area contributed by atoms with Gasteiger partial charge in [0, 0.05) is 42.9 Å². The third-order valence-corrected chi connectivity index (χ3v) is 7.57. The lowest BCUT2D eigenvalue weighted by Crippen LogP contribution is -2.38. The summed E-state index contributed by atoms with van der Waals surface area (Å²) in [6.45, 7) is 12.5. The SMILES string of the molecule is C=CC(=O)Nc1cc(Nc2ncnc(N3CC(C)(C)c4nc(C)ccc43)n2)c(OC)cc1N1CCC[C@@H]1CN(C)C. The van der Waals surface area contributed by atoms with E-state index in [4.69, 9.17) is 14.7 Å². The molecule has 0 spiro atoms. The fourth-order valence-corrected chi connectivity index (χ4v) is 5.72. The molecule has 1 fully saturated rings. The topological polar surface area (TPSA) is 112 Å². The molecule has 0 unspecified atom stereocenters. The fraction of sp³-hybridized carbons (Fsp3) is 0.433. The molecule has 2 aliphatic heterocycles. The second-order valence-corrected chi connectivity index (χ2v) is 11.5. The van der Waals surface area contributed by atoms with Crippen molar-refractivity contribution in [3.05, 3.63) is 54.6 Å². The number of hydrogen-bond acceptors (Lipinski definition) is 10. The van der Waals surface area contributed by atoms with Gasteiger partial charge in [0.2, 0.25) is 17.8 Å². The van der Waals surface area contributed by atoms with E-state index in [1.807, 2.05) is 25.1 Å². The standard InChI is InChI=1S/C30H39N9O2/c1-8-26(40)34-21-14-22(25(41-7)15-24(21)38-13-9-10-20(38)16-37(5)6)35-28-31-18-32-29(36-28)39-17-30(3,4)27-23(39)12-11-19(2)33-27/h8,11-12,14-15,18,20H,1,9-10,13,16-17H2,2-7H3,(H,34,40)(H,31,32,35,36)/t20-/m1/s1. The first-order valence-corrected chi connectivity index (χ1v) is 13.9. The average molecular weight is 558 g/mol. The lowest BCUT2D eigenvalue weighted by molar-refractivity contribution is -0.111. The summed E-state index contributed by atoms with van der Waals surface area (Å²) in [4.78, 5) is 37.5. The number of rotatable bonds is 9. The van der Waals surface area contributed by atoms with Crippen molar-refractivity contribution in [3.8, 4) is 5.75 Å². The van der Waals surface area contributed by atoms with E-state index in [2.05, 4.69) is 75.9 Å². The number of ether oxygens (including phenoxy) is 1. The van der Waals surface area contributed by atoms with E-state index in [0.717, 1.165) is 48.7 Å². The summed E-state index contributed by atoms with van der Waals surface area (Å²) in [7, 11) is 5.78. The molecule has 11 heteroatoms. The number of carbonyl (C=O) groups is 1. The molecule has 1 atom stereocenters. The largest absolute Gasteiger partial charge is 0.494 e. The van der Waals surface area contributed by atoms with E-state index in [0.29, 0.717) is 41.6 Å². The van der Waals surface area contributed by atoms with Crippen molar-refractivity contribution >= 4 is 40.6 Å². The normalized spacial score (nSPS) is 17.5. The molecule has 1 saturated heterocycles. The van der Waals surface area contributed by atoms with Crippen molar-refractivity contribution in [3.63, 3.8) is 0 Å². The van der Waals surface area contributed by atoms with Gasteiger partial charge in [-0.3, -0.25) is 9.78 Å². The number of amides is 1. The Morgan fingerprint density at radius 3 is 2.73 bits per heavy atom. The van der Waals surface area contributed by atoms with Crippen LogP contribution in [0, 0.1) is 6.92 Å². The average Bonchev–Trinajstić information content (AvgIpc) is 3.49. The predicted molar refractivity (Wildman–Crippen MR) is 163 cm³/mol. The van der Waals surface area contributed by atoms with Crippen molar-refractivity contribution in [2.45, 2.75) is 45.1 Å². The maximum absolute atomic E-state index is 12.4. The molecule has 41 heavy (non-hydrogen) atoms. The minimum Gasteiger partial charge on any atom is -0.494 e. The molecule has 4 heterocycles. The second-order valence-electron chi connectivity index (χ2n) is 11.5. The maximum atomic E-state index is 12.4. The van der Waals surface area contributed by atoms with E-state index in [1.54, 1.807) is 7.11 Å². The first-order chi connectivity index (χ1) is 19.6. The summed E-state index contributed by atoms with van der Waals surface area (Å²) in [6.07, 6.45) is 4.92. The molecule has 5 rings (SSSR count). The Bertz CT molecular complexity index is 1460. The molecule has 0 saturated carbocycles. The van der Waals surface area contributed by atoms with Gasteiger partial charge in [0.25, 0.3) is 0 Å². The van der Waals surface area contributed by atoms with Gasteiger partial charge in [0.1, 0.15) is 12.1 Å². The first-order valence-electron chi connectivity index (χ1n) is 13.9. The minimum absolute atomic E-state index is 0.154. The third-order valence-electron chi connectivity index (χ3n) is 7.57. The van der Waals surface area contributed by atoms with Gasteiger partial charge >= 0.3 is 0 Å². The monoisotopic (exact) mass is 557 g/mol. The van der Waals surface area contributed by atoms with Gasteiger partial charge in [0.05, 0.1) is 35.6 Å². The Morgan fingerprint density at radius 1 is 1.20 bits per heavy atom. The quantitative estimate of drug-likeness (QED) is 0.367. The van der Waals surface area contributed by atoms with Crippen LogP contribution in [0.15, 0.2) is 43.2 Å². The van der Waals surface area contributed by atoms with Crippen molar-refractivity contribution < 1.29 is 9.53 Å². The highest BCUT2D eigenvalue weighted by Crippen LogP contribution is 2.43. The number of methoxy groups -OCH3 is 1. The van der Waals surface area contributed by atoms with Gasteiger partial charge < -0.3 is 30.1 Å². The zero-order chi connectivity index (χ0) is 29.3. The number of benzene rings is 1. The summed E-state index contributed by atoms with van der Waals surface area (Å²) in [5.41, 5.74) is 5.04. The third kappa shape index (κ3) is 5.81. The van der Waals surface area contributed by atoms with Crippen LogP contribution in [0.3, 0.4) is 0 Å². The molecule has 11 nitrogen and oxygen atoms in total. The van der Waals surface area contributed by atoms with Gasteiger partial charge in [-0.25, -0.2) is 9.97 Å². The van der Waals surface area contributed by atoms with E-state index in [-0.39, 0.29) is 11.3 Å². The minimum atomic E-state index is -0.285. The number of aromatic nitrogens is 4. The predicted octanol–water partition coefficient (Wildman–Crippen LogP) is 4.41. The summed E-state index contributed by atoms with van der Waals surface area (Å²) in [6, 6.07) is 8.23. The van der Waals surface area contributed by atoms with Crippen LogP contribution < -0.4 is 25.2 Å². The van der Waals surface area contributed by atoms with E-state index in [9.17, 15) is 4.79 Å². The lowest BCUT2D eigenvalue weighted by atomic mass is 9.91. The van der Waals surface area contributed by atoms with Crippen LogP contribution in [0.1, 0.15) is 38.1 Å². The van der Waals surface area contributed by atoms with Crippen LogP contribution in [-0.2, 0) is 10.2 Å². The number of anilines is 6. The molecular weight excluding hydrogens is 518 g/mol. The maximum Gasteiger partial charge on any atom is 0.247 e. The molecule has 0 aliphatic carbocycles. The number of nitrogens with one attached hydrogen (secondary N) is 2. The Balaban J connectivity index is 1.49. The van der Waals surface area contributed by atoms with Crippen molar-refractivity contribution in [1.29, 1.82) is 0 Å². The molecule has 2 aromatic heterocycles. The van der Waals surface area contributed by atoms with Crippen molar-refractivity contribution in [2.24, 2.45) is 0 Å². The van der Waals surface area contributed by atoms with Crippen LogP contribution in [0.25, 0.3) is 0 Å². The number of aryl methyl sites for hydroxylation is 1. The van der Waals surface area contributed by atoms with Gasteiger partial charge in [-0.05, 0) is 58.1 Å². The fourth-order valence-electron chi connectivity index (χ4n) is 5.72. The Kier molecular flexibility index (Phi) is 7.81. The molecular formula is C30H39N9O2. The Morgan fingerprint density at radius 2 is 2.00 bits per heavy atom. The number of carbonyl (C=O) groups excluding carboxylic acids is 1. The molecule has 0 radical (unpaired) electrons. The van der Waals surface area contributed by atoms with Gasteiger partial charge in [-0.1, -0.05) is 20.4 Å². The van der Waals surface area contributed by atoms with Crippen LogP contribution in [0.4, 0.5) is 34.6 Å². The first kappa shape index (κ1) is 28.3. The van der Waals surface area contributed by atoms with Crippen molar-refractivity contribution in [2.75, 3.05) is 61.3 Å². The highest BCUT2D eigenvalue weighted by molar-refractivity contribution is 6.02. The second kappa shape index (κ2) is 11.3. The lowest BCUT2D eigenvalue weighted by Gasteiger charge is -2.31. The number of fused-ring (bicyclic) bond motifs is 1. The number of pyridine rings is 1. The van der Waals surface area contributed by atoms with Gasteiger partial charge in [0.15, 0.2) is 0 Å². The molecule has 1 aromatic carbocycles. The Hall–Kier alpha value is -4.25. The molecule has 216 valence electrons. The zero-order valence-corrected chi connectivity index (χ0v) is 24.7. The van der Waals surface area contributed by atoms with Crippen LogP contribution in [-0.4, -0.2) is 77.6 Å². The highest BCUT2D eigenvalue weighted by Gasteiger charge is 2.38. The summed E-state index contributed by atoms with van der Waals surface area (Å²) in [5.74, 6) is 1.22. The summed E-state index contributed by atoms with van der Waals surface area (Å²) < 4.78 is 5.81. The number of likely N-dealkylation sites (N-methyl/N-ethyl adjacent to an activating group) is 1. The molecule has 2 aliphatic rings. The number of hydrogen-bond donors (Lipinski definition) is 2. The van der Waals surface area contributed by atoms with Crippen LogP contribution in [0.2, 0.25) is 0 Å². The summed E-state index contributed by atoms with van der Waals surface area (Å²) >= 11 is 0. The highest BCUT2D eigenvalue weighted by atomic mass is 16.5. The van der Waals surface area contributed by atoms with Crippen LogP contribution >= 0.6 is 0 Å². The molecule has 1 amide bonds. The van der Waals surface area contributed by atoms with E-state index >= 15 is 0 Å². The van der Waals surface area contributed by atoms with Gasteiger partial charge in [-0.15, -0.1) is 0 Å². The molecule has 0 bridgehead atoms. The van der Waals surface area contributed by atoms with E-state index in [1.165, 1.54) is 12.4 Å². The van der Waals surface area contributed by atoms with Crippen LogP contribution in [0.5, 0.6) is 5.75 Å². The van der Waals surface area contributed by atoms with Gasteiger partial charge in [-0.2, -0.15) is 4.98 Å².